The smallest absolute Gasteiger partial charge is 0.0589 e. The van der Waals surface area contributed by atoms with Crippen LogP contribution in [0.5, 0.6) is 0 Å². The van der Waals surface area contributed by atoms with Gasteiger partial charge >= 0.3 is 0 Å². The van der Waals surface area contributed by atoms with Gasteiger partial charge in [0.15, 0.2) is 0 Å². The number of nitrogens with zero attached hydrogens (tertiary/aromatic N) is 1. The highest BCUT2D eigenvalue weighted by Gasteiger charge is 2.05. The lowest BCUT2D eigenvalue weighted by Gasteiger charge is -2.24. The molecular weight excluding hydrogens is 340 g/mol. The summed E-state index contributed by atoms with van der Waals surface area (Å²) in [6.07, 6.45) is 24.9. The number of hydrogen-bond donors (Lipinski definition) is 1. The van der Waals surface area contributed by atoms with Crippen LogP contribution in [0.3, 0.4) is 0 Å². The largest absolute Gasteiger partial charge is 0.302 e. The second kappa shape index (κ2) is 23.2. The van der Waals surface area contributed by atoms with Gasteiger partial charge in [-0.1, -0.05) is 110 Å². The molecule has 0 aliphatic carbocycles. The van der Waals surface area contributed by atoms with E-state index >= 15 is 0 Å². The summed E-state index contributed by atoms with van der Waals surface area (Å²) in [5, 5.41) is 3.64. The van der Waals surface area contributed by atoms with E-state index < -0.39 is 0 Å². The average Bonchev–Trinajstić information content (AvgIpc) is 2.60. The van der Waals surface area contributed by atoms with Crippen molar-refractivity contribution in [3.63, 3.8) is 0 Å². The second-order valence-electron chi connectivity index (χ2n) is 8.15. The summed E-state index contributed by atoms with van der Waals surface area (Å²) in [4.78, 5) is 2.28. The van der Waals surface area contributed by atoms with Crippen molar-refractivity contribution in [2.24, 2.45) is 0 Å². The standard InChI is InChI=1S/C23H50N2.ClH/c1-5-7-8-9-10-11-12-13-14-15-16-17-18-19-20-21-22-24-23(6-2)25(3)4;/h23-24H,5-22H2,1-4H3;1H. The van der Waals surface area contributed by atoms with E-state index in [0.717, 1.165) is 0 Å². The average molecular weight is 391 g/mol. The molecule has 3 heteroatoms. The van der Waals surface area contributed by atoms with E-state index in [2.05, 4.69) is 38.2 Å². The minimum Gasteiger partial charge on any atom is -0.302 e. The Labute approximate surface area is 172 Å². The van der Waals surface area contributed by atoms with Gasteiger partial charge < -0.3 is 5.32 Å². The highest BCUT2D eigenvalue weighted by atomic mass is 35.5. The van der Waals surface area contributed by atoms with Gasteiger partial charge in [-0.05, 0) is 33.5 Å². The molecule has 1 N–H and O–H groups in total. The van der Waals surface area contributed by atoms with Crippen LogP contribution in [0.15, 0.2) is 0 Å². The fourth-order valence-electron chi connectivity index (χ4n) is 3.63. The Morgan fingerprint density at radius 2 is 0.923 bits per heavy atom. The second-order valence-corrected chi connectivity index (χ2v) is 8.15. The maximum atomic E-state index is 3.64. The zero-order chi connectivity index (χ0) is 18.6. The highest BCUT2D eigenvalue weighted by Crippen LogP contribution is 2.13. The van der Waals surface area contributed by atoms with Gasteiger partial charge in [-0.3, -0.25) is 4.90 Å². The fraction of sp³-hybridized carbons (Fsp3) is 1.00. The Bertz CT molecular complexity index is 246. The van der Waals surface area contributed by atoms with Crippen molar-refractivity contribution in [3.05, 3.63) is 0 Å². The number of halogens is 1. The summed E-state index contributed by atoms with van der Waals surface area (Å²) < 4.78 is 0. The molecule has 0 fully saturated rings. The van der Waals surface area contributed by atoms with Crippen LogP contribution < -0.4 is 5.32 Å². The van der Waals surface area contributed by atoms with Crippen molar-refractivity contribution in [3.8, 4) is 0 Å². The molecule has 0 saturated carbocycles. The molecule has 1 unspecified atom stereocenters. The number of nitrogens with one attached hydrogen (secondary N) is 1. The molecule has 0 rings (SSSR count). The first-order valence-corrected chi connectivity index (χ1v) is 11.6. The minimum absolute atomic E-state index is 0. The molecule has 0 aromatic carbocycles. The molecule has 0 amide bonds. The molecule has 0 aromatic rings. The first-order chi connectivity index (χ1) is 12.2. The van der Waals surface area contributed by atoms with Crippen molar-refractivity contribution in [2.45, 2.75) is 129 Å². The van der Waals surface area contributed by atoms with E-state index in [1.54, 1.807) is 0 Å². The summed E-state index contributed by atoms with van der Waals surface area (Å²) in [6, 6.07) is 0. The molecule has 0 bridgehead atoms. The van der Waals surface area contributed by atoms with Crippen molar-refractivity contribution in [1.82, 2.24) is 10.2 Å². The Morgan fingerprint density at radius 1 is 0.577 bits per heavy atom. The quantitative estimate of drug-likeness (QED) is 0.170. The van der Waals surface area contributed by atoms with Crippen molar-refractivity contribution < 1.29 is 0 Å². The Balaban J connectivity index is 0. The lowest BCUT2D eigenvalue weighted by atomic mass is 10.0. The van der Waals surface area contributed by atoms with Gasteiger partial charge in [0.1, 0.15) is 0 Å². The first-order valence-electron chi connectivity index (χ1n) is 11.6. The van der Waals surface area contributed by atoms with Gasteiger partial charge in [0.2, 0.25) is 0 Å². The van der Waals surface area contributed by atoms with Crippen LogP contribution in [0.25, 0.3) is 0 Å². The summed E-state index contributed by atoms with van der Waals surface area (Å²) in [7, 11) is 4.32. The first kappa shape index (κ1) is 28.4. The lowest BCUT2D eigenvalue weighted by Crippen LogP contribution is -2.41. The third-order valence-corrected chi connectivity index (χ3v) is 5.42. The van der Waals surface area contributed by atoms with E-state index in [1.165, 1.54) is 116 Å². The van der Waals surface area contributed by atoms with Crippen LogP contribution in [0.2, 0.25) is 0 Å². The Morgan fingerprint density at radius 3 is 1.23 bits per heavy atom. The number of rotatable bonds is 20. The zero-order valence-corrected chi connectivity index (χ0v) is 19.5. The molecule has 160 valence electrons. The van der Waals surface area contributed by atoms with Crippen molar-refractivity contribution in [2.75, 3.05) is 20.6 Å². The van der Waals surface area contributed by atoms with Crippen LogP contribution in [0.1, 0.15) is 123 Å². The summed E-state index contributed by atoms with van der Waals surface area (Å²) in [6.45, 7) is 5.73. The molecule has 1 atom stereocenters. The molecular formula is C23H51ClN2. The summed E-state index contributed by atoms with van der Waals surface area (Å²) >= 11 is 0. The molecule has 0 radical (unpaired) electrons. The van der Waals surface area contributed by atoms with Crippen molar-refractivity contribution >= 4 is 12.4 Å². The molecule has 0 spiro atoms. The zero-order valence-electron chi connectivity index (χ0n) is 18.7. The van der Waals surface area contributed by atoms with Gasteiger partial charge in [-0.2, -0.15) is 0 Å². The SMILES string of the molecule is CCCCCCCCCCCCCCCCCCNC(CC)N(C)C.Cl. The van der Waals surface area contributed by atoms with E-state index in [4.69, 9.17) is 0 Å². The van der Waals surface area contributed by atoms with Crippen molar-refractivity contribution in [1.29, 1.82) is 0 Å². The van der Waals surface area contributed by atoms with Gasteiger partial charge in [0, 0.05) is 0 Å². The molecule has 0 aliphatic heterocycles. The Kier molecular flexibility index (Phi) is 25.4. The predicted molar refractivity (Wildman–Crippen MR) is 123 cm³/mol. The predicted octanol–water partition coefficient (Wildman–Crippen LogP) is 7.56. The third kappa shape index (κ3) is 20.5. The number of hydrogen-bond acceptors (Lipinski definition) is 2. The van der Waals surface area contributed by atoms with E-state index in [0.29, 0.717) is 6.17 Å². The topological polar surface area (TPSA) is 15.3 Å². The molecule has 0 aliphatic rings. The van der Waals surface area contributed by atoms with Crippen LogP contribution in [0, 0.1) is 0 Å². The monoisotopic (exact) mass is 390 g/mol. The fourth-order valence-corrected chi connectivity index (χ4v) is 3.63. The van der Waals surface area contributed by atoms with E-state index in [1.807, 2.05) is 0 Å². The van der Waals surface area contributed by atoms with Gasteiger partial charge in [-0.25, -0.2) is 0 Å². The van der Waals surface area contributed by atoms with Crippen LogP contribution in [0.4, 0.5) is 0 Å². The maximum Gasteiger partial charge on any atom is 0.0589 e. The minimum atomic E-state index is 0. The normalized spacial score (nSPS) is 12.3. The lowest BCUT2D eigenvalue weighted by molar-refractivity contribution is 0.238. The van der Waals surface area contributed by atoms with Crippen LogP contribution in [-0.4, -0.2) is 31.7 Å². The summed E-state index contributed by atoms with van der Waals surface area (Å²) in [5.74, 6) is 0. The Hall–Kier alpha value is 0.210. The molecule has 26 heavy (non-hydrogen) atoms. The van der Waals surface area contributed by atoms with E-state index in [-0.39, 0.29) is 12.4 Å². The molecule has 0 saturated heterocycles. The molecule has 0 aromatic heterocycles. The molecule has 0 heterocycles. The maximum absolute atomic E-state index is 3.64. The molecule has 2 nitrogen and oxygen atoms in total. The van der Waals surface area contributed by atoms with Crippen LogP contribution in [-0.2, 0) is 0 Å². The van der Waals surface area contributed by atoms with Gasteiger partial charge in [-0.15, -0.1) is 12.4 Å². The third-order valence-electron chi connectivity index (χ3n) is 5.42. The number of unbranched alkanes of at least 4 members (excludes halogenated alkanes) is 15. The van der Waals surface area contributed by atoms with E-state index in [9.17, 15) is 0 Å². The summed E-state index contributed by atoms with van der Waals surface area (Å²) in [5.41, 5.74) is 0. The highest BCUT2D eigenvalue weighted by molar-refractivity contribution is 5.85. The van der Waals surface area contributed by atoms with Gasteiger partial charge in [0.05, 0.1) is 6.17 Å². The van der Waals surface area contributed by atoms with Crippen LogP contribution >= 0.6 is 12.4 Å². The van der Waals surface area contributed by atoms with Gasteiger partial charge in [0.25, 0.3) is 0 Å².